The van der Waals surface area contributed by atoms with Gasteiger partial charge < -0.3 is 4.90 Å². The van der Waals surface area contributed by atoms with Crippen LogP contribution in [0.2, 0.25) is 0 Å². The first-order valence-corrected chi connectivity index (χ1v) is 10.2. The summed E-state index contributed by atoms with van der Waals surface area (Å²) in [6.45, 7) is 2.88. The Bertz CT molecular complexity index is 850. The monoisotopic (exact) mass is 393 g/mol. The van der Waals surface area contributed by atoms with E-state index in [4.69, 9.17) is 0 Å². The Hall–Kier alpha value is -2.80. The highest BCUT2D eigenvalue weighted by Crippen LogP contribution is 2.36. The van der Waals surface area contributed by atoms with Crippen LogP contribution in [0, 0.1) is 0 Å². The van der Waals surface area contributed by atoms with Gasteiger partial charge in [0.25, 0.3) is 5.91 Å². The Morgan fingerprint density at radius 2 is 1.76 bits per heavy atom. The van der Waals surface area contributed by atoms with E-state index in [0.29, 0.717) is 19.4 Å². The number of hydrogen-bond acceptors (Lipinski definition) is 5. The van der Waals surface area contributed by atoms with Gasteiger partial charge in [-0.05, 0) is 55.0 Å². The van der Waals surface area contributed by atoms with Crippen molar-refractivity contribution in [2.75, 3.05) is 26.7 Å². The van der Waals surface area contributed by atoms with Gasteiger partial charge in [-0.25, -0.2) is 4.79 Å². The number of carbonyl (C=O) groups excluding carboxylic acids is 2. The van der Waals surface area contributed by atoms with Crippen LogP contribution in [0.1, 0.15) is 30.4 Å². The molecular formula is C22H27N5O2. The second-order valence-electron chi connectivity index (χ2n) is 7.93. The maximum absolute atomic E-state index is 13.2. The van der Waals surface area contributed by atoms with E-state index in [2.05, 4.69) is 20.9 Å². The summed E-state index contributed by atoms with van der Waals surface area (Å²) in [4.78, 5) is 39.7. The summed E-state index contributed by atoms with van der Waals surface area (Å²) >= 11 is 0. The van der Waals surface area contributed by atoms with Gasteiger partial charge in [0, 0.05) is 58.0 Å². The Morgan fingerprint density at radius 3 is 2.45 bits per heavy atom. The van der Waals surface area contributed by atoms with Crippen molar-refractivity contribution in [2.45, 2.75) is 37.8 Å². The van der Waals surface area contributed by atoms with Gasteiger partial charge in [-0.1, -0.05) is 6.07 Å². The third-order valence-corrected chi connectivity index (χ3v) is 6.21. The molecule has 2 aliphatic heterocycles. The lowest BCUT2D eigenvalue weighted by molar-refractivity contribution is -0.135. The van der Waals surface area contributed by atoms with Crippen LogP contribution in [0.5, 0.6) is 0 Å². The molecule has 2 saturated heterocycles. The van der Waals surface area contributed by atoms with Crippen LogP contribution in [-0.2, 0) is 17.8 Å². The van der Waals surface area contributed by atoms with Crippen molar-refractivity contribution in [1.29, 1.82) is 0 Å². The molecule has 2 fully saturated rings. The molecule has 2 aliphatic rings. The van der Waals surface area contributed by atoms with Crippen LogP contribution in [0.25, 0.3) is 0 Å². The number of nitrogens with zero attached hydrogens (tertiary/aromatic N) is 5. The highest BCUT2D eigenvalue weighted by molar-refractivity contribution is 6.07. The second kappa shape index (κ2) is 8.29. The Balaban J connectivity index is 1.36. The zero-order valence-corrected chi connectivity index (χ0v) is 16.8. The molecule has 2 aromatic rings. The number of likely N-dealkylation sites (N-methyl/N-ethyl adjacent to an activating group) is 1. The smallest absolute Gasteiger partial charge is 0.312 e. The first-order valence-electron chi connectivity index (χ1n) is 10.2. The fourth-order valence-electron chi connectivity index (χ4n) is 4.41. The minimum absolute atomic E-state index is 0.0271. The minimum atomic E-state index is -0.681. The molecule has 3 amide bonds. The van der Waals surface area contributed by atoms with Crippen LogP contribution in [0.3, 0.4) is 0 Å². The lowest BCUT2D eigenvalue weighted by Crippen LogP contribution is -2.55. The van der Waals surface area contributed by atoms with E-state index in [1.165, 1.54) is 16.0 Å². The predicted molar refractivity (Wildman–Crippen MR) is 109 cm³/mol. The number of piperidine rings is 1. The van der Waals surface area contributed by atoms with E-state index in [1.54, 1.807) is 30.5 Å². The number of urea groups is 1. The Morgan fingerprint density at radius 1 is 1.00 bits per heavy atom. The molecular weight excluding hydrogens is 366 g/mol. The largest absolute Gasteiger partial charge is 0.327 e. The van der Waals surface area contributed by atoms with Crippen molar-refractivity contribution in [1.82, 2.24) is 24.7 Å². The average Bonchev–Trinajstić information content (AvgIpc) is 2.93. The Kier molecular flexibility index (Phi) is 5.58. The van der Waals surface area contributed by atoms with E-state index in [0.717, 1.165) is 32.5 Å². The average molecular weight is 393 g/mol. The molecule has 0 atom stereocenters. The molecule has 7 heteroatoms. The van der Waals surface area contributed by atoms with Crippen molar-refractivity contribution in [3.05, 3.63) is 60.2 Å². The summed E-state index contributed by atoms with van der Waals surface area (Å²) in [5, 5.41) is 0. The summed E-state index contributed by atoms with van der Waals surface area (Å²) in [6, 6.07) is 7.79. The van der Waals surface area contributed by atoms with Gasteiger partial charge in [0.2, 0.25) is 0 Å². The zero-order chi connectivity index (χ0) is 20.3. The predicted octanol–water partition coefficient (Wildman–Crippen LogP) is 2.34. The standard InChI is InChI=1S/C22H27N5O2/c1-25-21(29)27(13-3-5-18-6-11-23-12-7-18)20(28)22(25)8-14-26(15-9-22)17-19-4-2-10-24-16-19/h2,4,6-7,10-12,16H,3,5,8-9,13-15,17H2,1H3. The van der Waals surface area contributed by atoms with E-state index in [-0.39, 0.29) is 11.9 Å². The maximum Gasteiger partial charge on any atom is 0.327 e. The van der Waals surface area contributed by atoms with Gasteiger partial charge in [-0.2, -0.15) is 0 Å². The Labute approximate surface area is 171 Å². The fraction of sp³-hybridized carbons (Fsp3) is 0.455. The maximum atomic E-state index is 13.2. The third kappa shape index (κ3) is 3.87. The molecule has 4 rings (SSSR count). The van der Waals surface area contributed by atoms with E-state index in [1.807, 2.05) is 24.4 Å². The summed E-state index contributed by atoms with van der Waals surface area (Å²) in [5.41, 5.74) is 1.66. The summed E-state index contributed by atoms with van der Waals surface area (Å²) in [5.74, 6) is -0.0271. The molecule has 2 aromatic heterocycles. The molecule has 0 radical (unpaired) electrons. The topological polar surface area (TPSA) is 69.6 Å². The molecule has 0 unspecified atom stereocenters. The molecule has 0 N–H and O–H groups in total. The minimum Gasteiger partial charge on any atom is -0.312 e. The second-order valence-corrected chi connectivity index (χ2v) is 7.93. The normalized spacial score (nSPS) is 19.3. The number of amides is 3. The molecule has 0 aromatic carbocycles. The quantitative estimate of drug-likeness (QED) is 0.705. The lowest BCUT2D eigenvalue weighted by Gasteiger charge is -2.40. The number of aromatic nitrogens is 2. The molecule has 0 saturated carbocycles. The van der Waals surface area contributed by atoms with Gasteiger partial charge in [0.1, 0.15) is 5.54 Å². The summed E-state index contributed by atoms with van der Waals surface area (Å²) in [6.07, 6.45) is 10.1. The third-order valence-electron chi connectivity index (χ3n) is 6.21. The molecule has 7 nitrogen and oxygen atoms in total. The van der Waals surface area contributed by atoms with Gasteiger partial charge in [0.15, 0.2) is 0 Å². The van der Waals surface area contributed by atoms with Crippen molar-refractivity contribution < 1.29 is 9.59 Å². The number of rotatable bonds is 6. The van der Waals surface area contributed by atoms with Crippen molar-refractivity contribution in [3.8, 4) is 0 Å². The number of pyridine rings is 2. The van der Waals surface area contributed by atoms with Crippen LogP contribution < -0.4 is 0 Å². The summed E-state index contributed by atoms with van der Waals surface area (Å²) in [7, 11) is 1.78. The van der Waals surface area contributed by atoms with E-state index < -0.39 is 5.54 Å². The van der Waals surface area contributed by atoms with E-state index in [9.17, 15) is 9.59 Å². The van der Waals surface area contributed by atoms with Gasteiger partial charge in [-0.3, -0.25) is 24.6 Å². The van der Waals surface area contributed by atoms with Gasteiger partial charge in [0.05, 0.1) is 0 Å². The highest BCUT2D eigenvalue weighted by atomic mass is 16.2. The SMILES string of the molecule is CN1C(=O)N(CCCc2ccncc2)C(=O)C12CCN(Cc1cccnc1)CC2. The van der Waals surface area contributed by atoms with Crippen molar-refractivity contribution >= 4 is 11.9 Å². The number of likely N-dealkylation sites (tertiary alicyclic amines) is 1. The fourth-order valence-corrected chi connectivity index (χ4v) is 4.41. The highest BCUT2D eigenvalue weighted by Gasteiger charge is 2.56. The molecule has 4 heterocycles. The van der Waals surface area contributed by atoms with E-state index >= 15 is 0 Å². The first kappa shape index (κ1) is 19.5. The number of aryl methyl sites for hydroxylation is 1. The molecule has 152 valence electrons. The van der Waals surface area contributed by atoms with Gasteiger partial charge in [-0.15, -0.1) is 0 Å². The van der Waals surface area contributed by atoms with Crippen LogP contribution in [0.4, 0.5) is 4.79 Å². The van der Waals surface area contributed by atoms with Crippen LogP contribution in [0.15, 0.2) is 49.1 Å². The van der Waals surface area contributed by atoms with Crippen LogP contribution >= 0.6 is 0 Å². The molecule has 29 heavy (non-hydrogen) atoms. The molecule has 0 bridgehead atoms. The van der Waals surface area contributed by atoms with Crippen molar-refractivity contribution in [3.63, 3.8) is 0 Å². The van der Waals surface area contributed by atoms with Crippen LogP contribution in [-0.4, -0.2) is 68.8 Å². The van der Waals surface area contributed by atoms with Gasteiger partial charge >= 0.3 is 6.03 Å². The molecule has 1 spiro atoms. The zero-order valence-electron chi connectivity index (χ0n) is 16.8. The first-order chi connectivity index (χ1) is 14.1. The summed E-state index contributed by atoms with van der Waals surface area (Å²) < 4.78 is 0. The number of imide groups is 1. The lowest BCUT2D eigenvalue weighted by atomic mass is 9.86. The number of carbonyl (C=O) groups is 2. The molecule has 0 aliphatic carbocycles. The number of hydrogen-bond donors (Lipinski definition) is 0. The van der Waals surface area contributed by atoms with Crippen molar-refractivity contribution in [2.24, 2.45) is 0 Å².